The summed E-state index contributed by atoms with van der Waals surface area (Å²) in [5.74, 6) is -1.15. The quantitative estimate of drug-likeness (QED) is 0.433. The number of carbonyl (C=O) groups excluding carboxylic acids is 1. The summed E-state index contributed by atoms with van der Waals surface area (Å²) in [6.07, 6.45) is 1.59. The van der Waals surface area contributed by atoms with Crippen LogP contribution in [0.15, 0.2) is 29.2 Å². The zero-order chi connectivity index (χ0) is 16.0. The molecule has 110 valence electrons. The van der Waals surface area contributed by atoms with Crippen LogP contribution < -0.4 is 5.32 Å². The van der Waals surface area contributed by atoms with E-state index >= 15 is 0 Å². The molecule has 1 amide bonds. The third kappa shape index (κ3) is 5.45. The Bertz CT molecular complexity index is 620. The number of amidine groups is 1. The van der Waals surface area contributed by atoms with Crippen LogP contribution in [0.3, 0.4) is 0 Å². The van der Waals surface area contributed by atoms with Crippen molar-refractivity contribution in [3.8, 4) is 0 Å². The number of benzene rings is 1. The first-order valence-electron chi connectivity index (χ1n) is 5.53. The molecule has 0 bridgehead atoms. The van der Waals surface area contributed by atoms with Crippen LogP contribution in [0, 0.1) is 15.5 Å². The van der Waals surface area contributed by atoms with Crippen molar-refractivity contribution in [3.05, 3.63) is 44.8 Å². The normalized spacial score (nSPS) is 15.2. The fourth-order valence-corrected chi connectivity index (χ4v) is 1.99. The summed E-state index contributed by atoms with van der Waals surface area (Å²) in [7, 11) is 0. The summed E-state index contributed by atoms with van der Waals surface area (Å²) in [6, 6.07) is 5.85. The van der Waals surface area contributed by atoms with Crippen molar-refractivity contribution in [1.29, 1.82) is 5.41 Å². The maximum atomic E-state index is 11.3. The SMILES string of the molecule is CC(=O)O.N=C1NC(=O)C(=Cc2ccc([N+](=O)[O-])cc2)S1. The van der Waals surface area contributed by atoms with Crippen molar-refractivity contribution < 1.29 is 19.6 Å². The van der Waals surface area contributed by atoms with Crippen molar-refractivity contribution in [1.82, 2.24) is 5.32 Å². The van der Waals surface area contributed by atoms with Crippen molar-refractivity contribution in [2.45, 2.75) is 6.92 Å². The second kappa shape index (κ2) is 7.20. The van der Waals surface area contributed by atoms with Gasteiger partial charge in [0.2, 0.25) is 0 Å². The van der Waals surface area contributed by atoms with Crippen molar-refractivity contribution in [2.75, 3.05) is 0 Å². The summed E-state index contributed by atoms with van der Waals surface area (Å²) < 4.78 is 0. The molecule has 21 heavy (non-hydrogen) atoms. The minimum atomic E-state index is -0.833. The third-order valence-corrected chi connectivity index (χ3v) is 2.89. The fourth-order valence-electron chi connectivity index (χ4n) is 1.29. The number of hydrogen-bond acceptors (Lipinski definition) is 6. The highest BCUT2D eigenvalue weighted by atomic mass is 32.2. The Morgan fingerprint density at radius 1 is 1.43 bits per heavy atom. The van der Waals surface area contributed by atoms with Gasteiger partial charge in [-0.25, -0.2) is 0 Å². The Balaban J connectivity index is 0.000000491. The van der Waals surface area contributed by atoms with E-state index in [2.05, 4.69) is 5.32 Å². The van der Waals surface area contributed by atoms with Crippen LogP contribution >= 0.6 is 11.8 Å². The molecule has 0 aromatic heterocycles. The second-order valence-corrected chi connectivity index (χ2v) is 4.81. The molecule has 1 heterocycles. The minimum Gasteiger partial charge on any atom is -0.481 e. The van der Waals surface area contributed by atoms with Crippen LogP contribution in [0.25, 0.3) is 6.08 Å². The first-order chi connectivity index (χ1) is 9.79. The van der Waals surface area contributed by atoms with Crippen LogP contribution in [0.5, 0.6) is 0 Å². The van der Waals surface area contributed by atoms with E-state index in [0.29, 0.717) is 10.5 Å². The molecule has 0 saturated carbocycles. The smallest absolute Gasteiger partial charge is 0.300 e. The average molecular weight is 309 g/mol. The monoisotopic (exact) mass is 309 g/mol. The molecule has 1 aromatic rings. The highest BCUT2D eigenvalue weighted by Gasteiger charge is 2.22. The number of non-ortho nitro benzene ring substituents is 1. The van der Waals surface area contributed by atoms with Crippen LogP contribution in [0.2, 0.25) is 0 Å². The number of carboxylic acid groups (broad SMARTS) is 1. The molecule has 1 aliphatic rings. The number of hydrogen-bond donors (Lipinski definition) is 3. The van der Waals surface area contributed by atoms with Gasteiger partial charge in [0.05, 0.1) is 9.83 Å². The van der Waals surface area contributed by atoms with Gasteiger partial charge in [0.15, 0.2) is 5.17 Å². The van der Waals surface area contributed by atoms with Crippen molar-refractivity contribution in [3.63, 3.8) is 0 Å². The molecule has 0 spiro atoms. The number of carboxylic acids is 1. The lowest BCUT2D eigenvalue weighted by molar-refractivity contribution is -0.384. The van der Waals surface area contributed by atoms with Gasteiger partial charge in [-0.2, -0.15) is 0 Å². The van der Waals surface area contributed by atoms with E-state index in [1.54, 1.807) is 18.2 Å². The van der Waals surface area contributed by atoms with Gasteiger partial charge >= 0.3 is 0 Å². The number of aliphatic carboxylic acids is 1. The Morgan fingerprint density at radius 3 is 2.33 bits per heavy atom. The molecule has 0 unspecified atom stereocenters. The van der Waals surface area contributed by atoms with Crippen molar-refractivity contribution >= 4 is 40.6 Å². The molecule has 0 aliphatic carbocycles. The zero-order valence-corrected chi connectivity index (χ0v) is 11.6. The topological polar surface area (TPSA) is 133 Å². The lowest BCUT2D eigenvalue weighted by Gasteiger charge is -1.95. The van der Waals surface area contributed by atoms with Gasteiger partial charge in [0.25, 0.3) is 17.6 Å². The number of nitro groups is 1. The Morgan fingerprint density at radius 2 is 1.95 bits per heavy atom. The molecular weight excluding hydrogens is 298 g/mol. The van der Waals surface area contributed by atoms with Crippen molar-refractivity contribution in [2.24, 2.45) is 0 Å². The molecule has 9 heteroatoms. The maximum Gasteiger partial charge on any atom is 0.300 e. The standard InChI is InChI=1S/C10H7N3O3S.C2H4O2/c11-10-12-9(14)8(17-10)5-6-1-3-7(4-2-6)13(15)16;1-2(3)4/h1-5H,(H2,11,12,14);1H3,(H,3,4). The number of rotatable bonds is 2. The van der Waals surface area contributed by atoms with E-state index in [1.807, 2.05) is 0 Å². The van der Waals surface area contributed by atoms with Gasteiger partial charge in [-0.1, -0.05) is 0 Å². The number of nitrogens with one attached hydrogen (secondary N) is 2. The Hall–Kier alpha value is -2.68. The van der Waals surface area contributed by atoms with E-state index in [9.17, 15) is 14.9 Å². The van der Waals surface area contributed by atoms with Crippen LogP contribution in [-0.4, -0.2) is 27.1 Å². The summed E-state index contributed by atoms with van der Waals surface area (Å²) in [5, 5.41) is 27.6. The molecule has 2 rings (SSSR count). The Kier molecular flexibility index (Phi) is 5.61. The highest BCUT2D eigenvalue weighted by Crippen LogP contribution is 2.25. The van der Waals surface area contributed by atoms with Crippen LogP contribution in [-0.2, 0) is 9.59 Å². The summed E-state index contributed by atoms with van der Waals surface area (Å²) in [6.45, 7) is 1.08. The predicted octanol–water partition coefficient (Wildman–Crippen LogP) is 1.82. The number of amides is 1. The van der Waals surface area contributed by atoms with E-state index in [4.69, 9.17) is 15.3 Å². The van der Waals surface area contributed by atoms with Crippen LogP contribution in [0.1, 0.15) is 12.5 Å². The lowest BCUT2D eigenvalue weighted by atomic mass is 10.2. The first kappa shape index (κ1) is 16.4. The van der Waals surface area contributed by atoms with Gasteiger partial charge < -0.3 is 10.4 Å². The largest absolute Gasteiger partial charge is 0.481 e. The van der Waals surface area contributed by atoms with Crippen LogP contribution in [0.4, 0.5) is 5.69 Å². The van der Waals surface area contributed by atoms with E-state index in [1.165, 1.54) is 12.1 Å². The molecule has 1 aromatic carbocycles. The summed E-state index contributed by atoms with van der Waals surface area (Å²) >= 11 is 1.03. The molecular formula is C12H11N3O5S. The lowest BCUT2D eigenvalue weighted by Crippen LogP contribution is -2.18. The number of nitrogens with zero attached hydrogens (tertiary/aromatic N) is 1. The summed E-state index contributed by atoms with van der Waals surface area (Å²) in [5.41, 5.74) is 0.686. The maximum absolute atomic E-state index is 11.3. The molecule has 0 radical (unpaired) electrons. The minimum absolute atomic E-state index is 0.00317. The number of nitro benzene ring substituents is 1. The molecule has 1 aliphatic heterocycles. The number of carbonyl (C=O) groups is 2. The van der Waals surface area contributed by atoms with Gasteiger partial charge in [0, 0.05) is 19.1 Å². The zero-order valence-electron chi connectivity index (χ0n) is 10.8. The molecule has 3 N–H and O–H groups in total. The molecule has 1 fully saturated rings. The first-order valence-corrected chi connectivity index (χ1v) is 6.34. The summed E-state index contributed by atoms with van der Waals surface area (Å²) in [4.78, 5) is 30.7. The van der Waals surface area contributed by atoms with E-state index in [0.717, 1.165) is 18.7 Å². The van der Waals surface area contributed by atoms with Gasteiger partial charge in [-0.3, -0.25) is 25.1 Å². The third-order valence-electron chi connectivity index (χ3n) is 2.06. The van der Waals surface area contributed by atoms with Gasteiger partial charge in [-0.15, -0.1) is 0 Å². The fraction of sp³-hybridized carbons (Fsp3) is 0.0833. The second-order valence-electron chi connectivity index (χ2n) is 3.76. The van der Waals surface area contributed by atoms with Gasteiger partial charge in [-0.05, 0) is 35.5 Å². The Labute approximate surface area is 123 Å². The average Bonchev–Trinajstić information content (AvgIpc) is 2.67. The number of thioether (sulfide) groups is 1. The molecule has 1 saturated heterocycles. The molecule has 8 nitrogen and oxygen atoms in total. The van der Waals surface area contributed by atoms with E-state index < -0.39 is 10.9 Å². The van der Waals surface area contributed by atoms with Gasteiger partial charge in [0.1, 0.15) is 0 Å². The predicted molar refractivity (Wildman–Crippen MR) is 77.8 cm³/mol. The molecule has 0 atom stereocenters. The van der Waals surface area contributed by atoms with E-state index in [-0.39, 0.29) is 16.8 Å². The highest BCUT2D eigenvalue weighted by molar-refractivity contribution is 8.18.